The standard InChI is InChI=1S/C6H5NO3S2/c8-2-1-3-7(2)4(5(9)10)6(11)12-3/h3-4H,1H2,(H,9,10)/t3-,4?/m0/s1. The van der Waals surface area contributed by atoms with Gasteiger partial charge in [-0.25, -0.2) is 4.79 Å². The highest BCUT2D eigenvalue weighted by Gasteiger charge is 2.52. The molecule has 1 unspecified atom stereocenters. The van der Waals surface area contributed by atoms with Crippen LogP contribution in [0.5, 0.6) is 0 Å². The Morgan fingerprint density at radius 1 is 1.75 bits per heavy atom. The van der Waals surface area contributed by atoms with Crippen molar-refractivity contribution in [2.24, 2.45) is 0 Å². The lowest BCUT2D eigenvalue weighted by atomic mass is 10.1. The Bertz CT molecular complexity index is 291. The molecule has 2 aliphatic heterocycles. The smallest absolute Gasteiger partial charge is 0.332 e. The topological polar surface area (TPSA) is 57.6 Å². The van der Waals surface area contributed by atoms with Crippen molar-refractivity contribution in [3.8, 4) is 0 Å². The highest BCUT2D eigenvalue weighted by molar-refractivity contribution is 8.24. The first-order valence-electron chi connectivity index (χ1n) is 3.35. The molecule has 6 heteroatoms. The summed E-state index contributed by atoms with van der Waals surface area (Å²) < 4.78 is 0.401. The van der Waals surface area contributed by atoms with Gasteiger partial charge in [-0.1, -0.05) is 24.0 Å². The van der Waals surface area contributed by atoms with Gasteiger partial charge in [-0.2, -0.15) is 0 Å². The first kappa shape index (κ1) is 8.00. The second kappa shape index (κ2) is 2.43. The first-order chi connectivity index (χ1) is 5.61. The Kier molecular flexibility index (Phi) is 1.62. The lowest BCUT2D eigenvalue weighted by molar-refractivity contribution is -0.153. The average Bonchev–Trinajstić information content (AvgIpc) is 2.22. The fourth-order valence-corrected chi connectivity index (χ4v) is 3.08. The van der Waals surface area contributed by atoms with Gasteiger partial charge >= 0.3 is 5.97 Å². The molecule has 2 saturated heterocycles. The maximum Gasteiger partial charge on any atom is 0.332 e. The third-order valence-corrected chi connectivity index (χ3v) is 3.57. The molecule has 0 radical (unpaired) electrons. The van der Waals surface area contributed by atoms with E-state index in [0.29, 0.717) is 10.6 Å². The molecular formula is C6H5NO3S2. The number of carboxylic acid groups (broad SMARTS) is 1. The van der Waals surface area contributed by atoms with Crippen molar-refractivity contribution >= 4 is 40.1 Å². The molecule has 64 valence electrons. The van der Waals surface area contributed by atoms with Crippen LogP contribution in [0.25, 0.3) is 0 Å². The number of aliphatic carboxylic acids is 1. The summed E-state index contributed by atoms with van der Waals surface area (Å²) in [5.74, 6) is -1.14. The van der Waals surface area contributed by atoms with E-state index in [9.17, 15) is 9.59 Å². The van der Waals surface area contributed by atoms with Gasteiger partial charge in [0.1, 0.15) is 0 Å². The molecule has 0 saturated carbocycles. The molecule has 2 aliphatic rings. The third kappa shape index (κ3) is 0.879. The lowest BCUT2D eigenvalue weighted by Gasteiger charge is -2.34. The highest BCUT2D eigenvalue weighted by Crippen LogP contribution is 2.41. The van der Waals surface area contributed by atoms with Crippen molar-refractivity contribution in [2.45, 2.75) is 17.8 Å². The zero-order valence-corrected chi connectivity index (χ0v) is 7.52. The van der Waals surface area contributed by atoms with Crippen LogP contribution in [0.15, 0.2) is 0 Å². The maximum absolute atomic E-state index is 11.0. The third-order valence-electron chi connectivity index (χ3n) is 1.94. The van der Waals surface area contributed by atoms with Crippen LogP contribution in [0, 0.1) is 0 Å². The monoisotopic (exact) mass is 203 g/mol. The van der Waals surface area contributed by atoms with E-state index in [2.05, 4.69) is 0 Å². The van der Waals surface area contributed by atoms with Gasteiger partial charge in [-0.15, -0.1) is 0 Å². The normalized spacial score (nSPS) is 33.2. The molecule has 0 aliphatic carbocycles. The predicted octanol–water partition coefficient (Wildman–Crippen LogP) is 0.0722. The number of fused-ring (bicyclic) bond motifs is 1. The molecule has 0 aromatic rings. The van der Waals surface area contributed by atoms with Gasteiger partial charge < -0.3 is 10.0 Å². The van der Waals surface area contributed by atoms with Crippen molar-refractivity contribution in [1.29, 1.82) is 0 Å². The number of nitrogens with zero attached hydrogens (tertiary/aromatic N) is 1. The zero-order chi connectivity index (χ0) is 8.88. The number of carbonyl (C=O) groups excluding carboxylic acids is 1. The molecule has 2 fully saturated rings. The number of thioether (sulfide) groups is 1. The van der Waals surface area contributed by atoms with Crippen molar-refractivity contribution in [3.63, 3.8) is 0 Å². The van der Waals surface area contributed by atoms with Gasteiger partial charge in [-0.3, -0.25) is 4.79 Å². The zero-order valence-electron chi connectivity index (χ0n) is 5.89. The SMILES string of the molecule is O=C(O)C1C(=S)S[C@H]2CC(=O)N12. The van der Waals surface area contributed by atoms with Gasteiger partial charge in [0.25, 0.3) is 0 Å². The Morgan fingerprint density at radius 2 is 2.42 bits per heavy atom. The number of hydrogen-bond donors (Lipinski definition) is 1. The Hall–Kier alpha value is -0.620. The minimum Gasteiger partial charge on any atom is -0.479 e. The van der Waals surface area contributed by atoms with Gasteiger partial charge in [0.2, 0.25) is 5.91 Å². The van der Waals surface area contributed by atoms with Crippen LogP contribution < -0.4 is 0 Å². The summed E-state index contributed by atoms with van der Waals surface area (Å²) in [7, 11) is 0. The number of rotatable bonds is 1. The van der Waals surface area contributed by atoms with Crippen molar-refractivity contribution < 1.29 is 14.7 Å². The molecule has 1 N–H and O–H groups in total. The molecule has 0 aromatic carbocycles. The molecule has 2 rings (SSSR count). The van der Waals surface area contributed by atoms with E-state index < -0.39 is 12.0 Å². The summed E-state index contributed by atoms with van der Waals surface area (Å²) in [5.41, 5.74) is 0. The van der Waals surface area contributed by atoms with Crippen molar-refractivity contribution in [2.75, 3.05) is 0 Å². The van der Waals surface area contributed by atoms with Gasteiger partial charge in [0, 0.05) is 0 Å². The molecule has 0 bridgehead atoms. The van der Waals surface area contributed by atoms with Gasteiger partial charge in [0.05, 0.1) is 16.0 Å². The van der Waals surface area contributed by atoms with Gasteiger partial charge in [-0.05, 0) is 0 Å². The molecule has 0 aromatic heterocycles. The fraction of sp³-hybridized carbons (Fsp3) is 0.500. The minimum absolute atomic E-state index is 0.00824. The molecule has 12 heavy (non-hydrogen) atoms. The average molecular weight is 203 g/mol. The van der Waals surface area contributed by atoms with Crippen LogP contribution in [-0.4, -0.2) is 37.5 Å². The van der Waals surface area contributed by atoms with E-state index in [1.165, 1.54) is 16.7 Å². The number of amides is 1. The number of thiocarbonyl (C=S) groups is 1. The minimum atomic E-state index is -1.02. The summed E-state index contributed by atoms with van der Waals surface area (Å²) >= 11 is 6.16. The molecule has 2 atom stereocenters. The van der Waals surface area contributed by atoms with Gasteiger partial charge in [0.15, 0.2) is 6.04 Å². The fourth-order valence-electron chi connectivity index (χ4n) is 1.34. The van der Waals surface area contributed by atoms with Crippen LogP contribution in [0.2, 0.25) is 0 Å². The molecular weight excluding hydrogens is 198 g/mol. The van der Waals surface area contributed by atoms with Crippen LogP contribution in [0.4, 0.5) is 0 Å². The van der Waals surface area contributed by atoms with E-state index in [4.69, 9.17) is 17.3 Å². The Labute approximate surface area is 77.9 Å². The predicted molar refractivity (Wildman–Crippen MR) is 46.9 cm³/mol. The van der Waals surface area contributed by atoms with E-state index in [0.717, 1.165) is 0 Å². The Morgan fingerprint density at radius 3 is 2.83 bits per heavy atom. The lowest BCUT2D eigenvalue weighted by Crippen LogP contribution is -2.54. The van der Waals surface area contributed by atoms with E-state index >= 15 is 0 Å². The molecule has 1 amide bonds. The van der Waals surface area contributed by atoms with Crippen molar-refractivity contribution in [1.82, 2.24) is 4.90 Å². The van der Waals surface area contributed by atoms with E-state index in [1.54, 1.807) is 0 Å². The van der Waals surface area contributed by atoms with E-state index in [-0.39, 0.29) is 11.3 Å². The van der Waals surface area contributed by atoms with Crippen LogP contribution >= 0.6 is 24.0 Å². The largest absolute Gasteiger partial charge is 0.479 e. The summed E-state index contributed by atoms with van der Waals surface area (Å²) in [5, 5.41) is 8.72. The van der Waals surface area contributed by atoms with Crippen LogP contribution in [0.3, 0.4) is 0 Å². The second-order valence-electron chi connectivity index (χ2n) is 2.64. The van der Waals surface area contributed by atoms with E-state index in [1.807, 2.05) is 0 Å². The highest BCUT2D eigenvalue weighted by atomic mass is 32.2. The number of hydrogen-bond acceptors (Lipinski definition) is 4. The number of β-lactam (4-membered cyclic amide) rings is 1. The number of carboxylic acids is 1. The first-order valence-corrected chi connectivity index (χ1v) is 4.64. The molecule has 4 nitrogen and oxygen atoms in total. The number of carbonyl (C=O) groups is 2. The van der Waals surface area contributed by atoms with Crippen LogP contribution in [-0.2, 0) is 9.59 Å². The summed E-state index contributed by atoms with van der Waals surface area (Å²) in [6, 6.07) is -0.865. The molecule has 0 spiro atoms. The maximum atomic E-state index is 11.0. The quantitative estimate of drug-likeness (QED) is 0.483. The second-order valence-corrected chi connectivity index (χ2v) is 4.56. The Balaban J connectivity index is 2.26. The van der Waals surface area contributed by atoms with Crippen molar-refractivity contribution in [3.05, 3.63) is 0 Å². The summed E-state index contributed by atoms with van der Waals surface area (Å²) in [6.07, 6.45) is 0.425. The van der Waals surface area contributed by atoms with Crippen LogP contribution in [0.1, 0.15) is 6.42 Å². The molecule has 2 heterocycles. The summed E-state index contributed by atoms with van der Waals surface area (Å²) in [6.45, 7) is 0. The summed E-state index contributed by atoms with van der Waals surface area (Å²) in [4.78, 5) is 23.0.